The van der Waals surface area contributed by atoms with E-state index in [2.05, 4.69) is 4.99 Å². The van der Waals surface area contributed by atoms with Crippen molar-refractivity contribution in [3.05, 3.63) is 58.1 Å². The zero-order valence-electron chi connectivity index (χ0n) is 10.9. The molecule has 21 heavy (non-hydrogen) atoms. The van der Waals surface area contributed by atoms with Crippen molar-refractivity contribution < 1.29 is 9.90 Å². The summed E-state index contributed by atoms with van der Waals surface area (Å²) in [6.07, 6.45) is -0.865. The van der Waals surface area contributed by atoms with Crippen LogP contribution in [0.5, 0.6) is 0 Å². The minimum Gasteiger partial charge on any atom is -0.384 e. The smallest absolute Gasteiger partial charge is 0.280 e. The lowest BCUT2D eigenvalue weighted by Crippen LogP contribution is -2.24. The van der Waals surface area contributed by atoms with Gasteiger partial charge in [0.2, 0.25) is 0 Å². The Labute approximate surface area is 125 Å². The molecule has 1 unspecified atom stereocenters. The monoisotopic (exact) mass is 301 g/mol. The molecule has 3 rings (SSSR count). The third-order valence-corrected chi connectivity index (χ3v) is 3.77. The number of nitrogens with zero attached hydrogens (tertiary/aromatic N) is 1. The van der Waals surface area contributed by atoms with Gasteiger partial charge in [0.05, 0.1) is 0 Å². The number of nitrogens with two attached hydrogens (primary N) is 2. The number of hydrogen-bond acceptors (Lipinski definition) is 2. The molecule has 2 aromatic carbocycles. The van der Waals surface area contributed by atoms with Gasteiger partial charge in [-0.05, 0) is 34.9 Å². The Kier molecular flexibility index (Phi) is 3.16. The highest BCUT2D eigenvalue weighted by Crippen LogP contribution is 2.46. The molecular weight excluding hydrogens is 290 g/mol. The Morgan fingerprint density at radius 2 is 1.95 bits per heavy atom. The number of halogens is 1. The number of aliphatic imine (C=N–C) groups is 1. The summed E-state index contributed by atoms with van der Waals surface area (Å²) in [7, 11) is 0. The average molecular weight is 302 g/mol. The van der Waals surface area contributed by atoms with Crippen LogP contribution in [0.25, 0.3) is 11.1 Å². The van der Waals surface area contributed by atoms with Gasteiger partial charge in [-0.15, -0.1) is 0 Å². The molecule has 0 radical (unpaired) electrons. The zero-order chi connectivity index (χ0) is 15.1. The van der Waals surface area contributed by atoms with E-state index in [4.69, 9.17) is 23.1 Å². The van der Waals surface area contributed by atoms with Crippen LogP contribution in [0.15, 0.2) is 41.4 Å². The molecule has 1 aliphatic carbocycles. The van der Waals surface area contributed by atoms with E-state index in [0.717, 1.165) is 11.1 Å². The first-order chi connectivity index (χ1) is 9.99. The topological polar surface area (TPSA) is 102 Å². The molecule has 5 N–H and O–H groups in total. The van der Waals surface area contributed by atoms with Crippen LogP contribution in [0.3, 0.4) is 0 Å². The van der Waals surface area contributed by atoms with Crippen molar-refractivity contribution >= 4 is 23.5 Å². The molecule has 0 bridgehead atoms. The lowest BCUT2D eigenvalue weighted by atomic mass is 10.0. The standard InChI is InChI=1S/C15H12ClN3O2/c16-11-3-1-2-9-8-5-4-7(14(21)19-15(17)18)6-10(8)13(20)12(9)11/h1-6,13,20H,(H4,17,18,19,21). The number of aliphatic hydroxyl groups excluding tert-OH is 1. The summed E-state index contributed by atoms with van der Waals surface area (Å²) in [6, 6.07) is 10.4. The van der Waals surface area contributed by atoms with Gasteiger partial charge in [0.1, 0.15) is 6.10 Å². The highest BCUT2D eigenvalue weighted by Gasteiger charge is 2.29. The lowest BCUT2D eigenvalue weighted by molar-refractivity contribution is 0.100. The van der Waals surface area contributed by atoms with Crippen molar-refractivity contribution in [2.24, 2.45) is 16.5 Å². The average Bonchev–Trinajstić information content (AvgIpc) is 2.72. The van der Waals surface area contributed by atoms with Crippen molar-refractivity contribution in [3.8, 4) is 11.1 Å². The number of hydrogen-bond donors (Lipinski definition) is 3. The molecule has 0 fully saturated rings. The van der Waals surface area contributed by atoms with Gasteiger partial charge in [-0.2, -0.15) is 4.99 Å². The van der Waals surface area contributed by atoms with Gasteiger partial charge >= 0.3 is 0 Å². The minimum atomic E-state index is -0.865. The van der Waals surface area contributed by atoms with E-state index in [-0.39, 0.29) is 5.96 Å². The molecule has 1 amide bonds. The fraction of sp³-hybridized carbons (Fsp3) is 0.0667. The first-order valence-electron chi connectivity index (χ1n) is 6.24. The molecule has 0 aromatic heterocycles. The zero-order valence-corrected chi connectivity index (χ0v) is 11.6. The van der Waals surface area contributed by atoms with Crippen LogP contribution in [0.4, 0.5) is 0 Å². The second kappa shape index (κ2) is 4.87. The van der Waals surface area contributed by atoms with Crippen LogP contribution in [0, 0.1) is 0 Å². The first kappa shape index (κ1) is 13.6. The second-order valence-electron chi connectivity index (χ2n) is 4.75. The van der Waals surface area contributed by atoms with E-state index in [1.54, 1.807) is 24.3 Å². The van der Waals surface area contributed by atoms with Crippen molar-refractivity contribution in [3.63, 3.8) is 0 Å². The SMILES string of the molecule is NC(N)=NC(=O)c1ccc2c(c1)C(O)c1c(Cl)cccc1-2. The Balaban J connectivity index is 2.12. The normalized spacial score (nSPS) is 15.2. The molecule has 0 saturated heterocycles. The molecule has 2 aromatic rings. The predicted octanol–water partition coefficient (Wildman–Crippen LogP) is 1.82. The maximum atomic E-state index is 11.8. The fourth-order valence-electron chi connectivity index (χ4n) is 2.55. The Morgan fingerprint density at radius 1 is 1.19 bits per heavy atom. The molecule has 0 aliphatic heterocycles. The van der Waals surface area contributed by atoms with Crippen LogP contribution in [0.2, 0.25) is 5.02 Å². The largest absolute Gasteiger partial charge is 0.384 e. The van der Waals surface area contributed by atoms with Crippen LogP contribution < -0.4 is 11.5 Å². The minimum absolute atomic E-state index is 0.299. The number of aliphatic hydroxyl groups is 1. The number of carbonyl (C=O) groups excluding carboxylic acids is 1. The number of carbonyl (C=O) groups is 1. The van der Waals surface area contributed by atoms with Crippen LogP contribution in [-0.2, 0) is 0 Å². The molecular formula is C15H12ClN3O2. The highest BCUT2D eigenvalue weighted by molar-refractivity contribution is 6.32. The molecule has 106 valence electrons. The molecule has 1 aliphatic rings. The maximum Gasteiger partial charge on any atom is 0.280 e. The molecule has 1 atom stereocenters. The Hall–Kier alpha value is -2.37. The third kappa shape index (κ3) is 2.16. The van der Waals surface area contributed by atoms with Gasteiger partial charge in [-0.3, -0.25) is 4.79 Å². The summed E-state index contributed by atoms with van der Waals surface area (Å²) in [4.78, 5) is 15.3. The molecule has 0 spiro atoms. The van der Waals surface area contributed by atoms with Crippen molar-refractivity contribution in [2.45, 2.75) is 6.10 Å². The van der Waals surface area contributed by atoms with Crippen molar-refractivity contribution in [1.29, 1.82) is 0 Å². The van der Waals surface area contributed by atoms with E-state index in [9.17, 15) is 9.90 Å². The summed E-state index contributed by atoms with van der Waals surface area (Å²) in [5, 5.41) is 10.9. The number of benzene rings is 2. The summed E-state index contributed by atoms with van der Waals surface area (Å²) >= 11 is 6.14. The van der Waals surface area contributed by atoms with E-state index < -0.39 is 12.0 Å². The van der Waals surface area contributed by atoms with Crippen LogP contribution >= 0.6 is 11.6 Å². The van der Waals surface area contributed by atoms with Gasteiger partial charge < -0.3 is 16.6 Å². The van der Waals surface area contributed by atoms with Gasteiger partial charge in [0.15, 0.2) is 5.96 Å². The summed E-state index contributed by atoms with van der Waals surface area (Å²) < 4.78 is 0. The molecule has 5 nitrogen and oxygen atoms in total. The quantitative estimate of drug-likeness (QED) is 0.552. The molecule has 0 heterocycles. The van der Waals surface area contributed by atoms with Crippen molar-refractivity contribution in [2.75, 3.05) is 0 Å². The number of rotatable bonds is 1. The van der Waals surface area contributed by atoms with Crippen LogP contribution in [0.1, 0.15) is 27.6 Å². The second-order valence-corrected chi connectivity index (χ2v) is 5.15. The lowest BCUT2D eigenvalue weighted by Gasteiger charge is -2.07. The van der Waals surface area contributed by atoms with Gasteiger partial charge in [-0.25, -0.2) is 0 Å². The summed E-state index contributed by atoms with van der Waals surface area (Å²) in [5.74, 6) is -0.848. The Bertz CT molecular complexity index is 782. The molecule has 0 saturated carbocycles. The van der Waals surface area contributed by atoms with Crippen LogP contribution in [-0.4, -0.2) is 17.0 Å². The van der Waals surface area contributed by atoms with E-state index >= 15 is 0 Å². The van der Waals surface area contributed by atoms with Gasteiger partial charge in [0.25, 0.3) is 5.91 Å². The summed E-state index contributed by atoms with van der Waals surface area (Å²) in [6.45, 7) is 0. The summed E-state index contributed by atoms with van der Waals surface area (Å²) in [5.41, 5.74) is 13.7. The number of fused-ring (bicyclic) bond motifs is 3. The van der Waals surface area contributed by atoms with Gasteiger partial charge in [0, 0.05) is 16.1 Å². The van der Waals surface area contributed by atoms with Gasteiger partial charge in [-0.1, -0.05) is 29.8 Å². The maximum absolute atomic E-state index is 11.8. The van der Waals surface area contributed by atoms with E-state index in [1.165, 1.54) is 0 Å². The highest BCUT2D eigenvalue weighted by atomic mass is 35.5. The third-order valence-electron chi connectivity index (χ3n) is 3.44. The fourth-order valence-corrected chi connectivity index (χ4v) is 2.83. The van der Waals surface area contributed by atoms with Crippen molar-refractivity contribution in [1.82, 2.24) is 0 Å². The first-order valence-corrected chi connectivity index (χ1v) is 6.61. The van der Waals surface area contributed by atoms with E-state index in [0.29, 0.717) is 21.7 Å². The Morgan fingerprint density at radius 3 is 2.67 bits per heavy atom. The number of amides is 1. The number of guanidine groups is 1. The van der Waals surface area contributed by atoms with E-state index in [1.807, 2.05) is 12.1 Å². The predicted molar refractivity (Wildman–Crippen MR) is 81.1 cm³/mol. The molecule has 6 heteroatoms.